The molecule has 15 heavy (non-hydrogen) atoms. The molecule has 1 N–H and O–H groups in total. The van der Waals surface area contributed by atoms with Gasteiger partial charge in [0.1, 0.15) is 0 Å². The molecule has 82 valence electrons. The summed E-state index contributed by atoms with van der Waals surface area (Å²) in [5.41, 5.74) is 2.12. The van der Waals surface area contributed by atoms with Crippen LogP contribution in [0.3, 0.4) is 0 Å². The molecule has 2 nitrogen and oxygen atoms in total. The Morgan fingerprint density at radius 1 is 1.53 bits per heavy atom. The highest BCUT2D eigenvalue weighted by Crippen LogP contribution is 2.19. The molecule has 0 bridgehead atoms. The number of aliphatic carboxylic acids is 1. The summed E-state index contributed by atoms with van der Waals surface area (Å²) in [6.07, 6.45) is 1.23. The van der Waals surface area contributed by atoms with Gasteiger partial charge in [0.15, 0.2) is 0 Å². The van der Waals surface area contributed by atoms with E-state index in [-0.39, 0.29) is 5.92 Å². The van der Waals surface area contributed by atoms with E-state index in [4.69, 9.17) is 16.7 Å². The molecule has 3 heteroatoms. The fourth-order valence-electron chi connectivity index (χ4n) is 1.56. The summed E-state index contributed by atoms with van der Waals surface area (Å²) in [5.74, 6) is -1.03. The van der Waals surface area contributed by atoms with Crippen LogP contribution in [-0.2, 0) is 11.2 Å². The Balaban J connectivity index is 2.84. The number of carboxylic acids is 1. The summed E-state index contributed by atoms with van der Waals surface area (Å²) < 4.78 is 0. The van der Waals surface area contributed by atoms with E-state index in [9.17, 15) is 4.79 Å². The number of hydrogen-bond acceptors (Lipinski definition) is 1. The van der Waals surface area contributed by atoms with Gasteiger partial charge in [0, 0.05) is 5.02 Å². The summed E-state index contributed by atoms with van der Waals surface area (Å²) in [6, 6.07) is 5.58. The maximum absolute atomic E-state index is 10.9. The van der Waals surface area contributed by atoms with E-state index in [1.807, 2.05) is 26.0 Å². The predicted molar refractivity (Wildman–Crippen MR) is 61.3 cm³/mol. The van der Waals surface area contributed by atoms with E-state index < -0.39 is 5.97 Å². The van der Waals surface area contributed by atoms with Gasteiger partial charge in [0.05, 0.1) is 5.92 Å². The van der Waals surface area contributed by atoms with Crippen molar-refractivity contribution in [2.75, 3.05) is 0 Å². The third-order valence-corrected chi connectivity index (χ3v) is 2.85. The number of carbonyl (C=O) groups is 1. The highest BCUT2D eigenvalue weighted by molar-refractivity contribution is 6.30. The van der Waals surface area contributed by atoms with Crippen molar-refractivity contribution >= 4 is 17.6 Å². The lowest BCUT2D eigenvalue weighted by molar-refractivity contribution is -0.141. The molecule has 0 aliphatic carbocycles. The molecule has 1 atom stereocenters. The van der Waals surface area contributed by atoms with Gasteiger partial charge in [-0.3, -0.25) is 4.79 Å². The van der Waals surface area contributed by atoms with Crippen molar-refractivity contribution in [2.45, 2.75) is 26.7 Å². The number of hydrogen-bond donors (Lipinski definition) is 1. The molecule has 0 fully saturated rings. The Labute approximate surface area is 94.9 Å². The van der Waals surface area contributed by atoms with Crippen molar-refractivity contribution < 1.29 is 9.90 Å². The zero-order valence-corrected chi connectivity index (χ0v) is 9.71. The fraction of sp³-hybridized carbons (Fsp3) is 0.417. The van der Waals surface area contributed by atoms with Gasteiger partial charge < -0.3 is 5.11 Å². The van der Waals surface area contributed by atoms with Crippen LogP contribution in [0.5, 0.6) is 0 Å². The third-order valence-electron chi connectivity index (χ3n) is 2.61. The van der Waals surface area contributed by atoms with E-state index >= 15 is 0 Å². The summed E-state index contributed by atoms with van der Waals surface area (Å²) in [6.45, 7) is 3.85. The maximum Gasteiger partial charge on any atom is 0.306 e. The van der Waals surface area contributed by atoms with Crippen molar-refractivity contribution in [1.82, 2.24) is 0 Å². The quantitative estimate of drug-likeness (QED) is 0.856. The van der Waals surface area contributed by atoms with Crippen LogP contribution >= 0.6 is 11.6 Å². The molecule has 1 aromatic rings. The summed E-state index contributed by atoms with van der Waals surface area (Å²) in [7, 11) is 0. The number of benzene rings is 1. The molecule has 1 aromatic carbocycles. The highest BCUT2D eigenvalue weighted by Gasteiger charge is 2.16. The third kappa shape index (κ3) is 3.24. The minimum absolute atomic E-state index is 0.301. The lowest BCUT2D eigenvalue weighted by Gasteiger charge is -2.11. The Hall–Kier alpha value is -1.02. The average molecular weight is 227 g/mol. The Kier molecular flexibility index (Phi) is 4.15. The molecule has 0 saturated carbocycles. The topological polar surface area (TPSA) is 37.3 Å². The molecule has 0 amide bonds. The average Bonchev–Trinajstić information content (AvgIpc) is 2.16. The molecule has 1 rings (SSSR count). The van der Waals surface area contributed by atoms with Crippen molar-refractivity contribution in [3.63, 3.8) is 0 Å². The van der Waals surface area contributed by atoms with Crippen LogP contribution in [0, 0.1) is 12.8 Å². The smallest absolute Gasteiger partial charge is 0.306 e. The molecule has 0 aliphatic heterocycles. The van der Waals surface area contributed by atoms with Crippen LogP contribution in [0.2, 0.25) is 5.02 Å². The molecular weight excluding hydrogens is 212 g/mol. The van der Waals surface area contributed by atoms with E-state index in [0.717, 1.165) is 11.1 Å². The van der Waals surface area contributed by atoms with Gasteiger partial charge >= 0.3 is 5.97 Å². The molecule has 0 heterocycles. The van der Waals surface area contributed by atoms with E-state index in [1.165, 1.54) is 0 Å². The second-order valence-corrected chi connectivity index (χ2v) is 4.15. The first-order chi connectivity index (χ1) is 7.04. The minimum atomic E-state index is -0.730. The molecular formula is C12H15ClO2. The van der Waals surface area contributed by atoms with Crippen molar-refractivity contribution in [3.05, 3.63) is 34.3 Å². The van der Waals surface area contributed by atoms with Crippen molar-refractivity contribution in [2.24, 2.45) is 5.92 Å². The summed E-state index contributed by atoms with van der Waals surface area (Å²) >= 11 is 5.83. The molecule has 1 unspecified atom stereocenters. The Morgan fingerprint density at radius 3 is 2.67 bits per heavy atom. The van der Waals surface area contributed by atoms with E-state index in [1.54, 1.807) is 6.07 Å². The van der Waals surface area contributed by atoms with Crippen LogP contribution in [-0.4, -0.2) is 11.1 Å². The summed E-state index contributed by atoms with van der Waals surface area (Å²) in [5, 5.41) is 9.65. The van der Waals surface area contributed by atoms with Gasteiger partial charge in [-0.1, -0.05) is 24.6 Å². The van der Waals surface area contributed by atoms with Gasteiger partial charge in [0.25, 0.3) is 0 Å². The second kappa shape index (κ2) is 5.17. The maximum atomic E-state index is 10.9. The molecule has 0 radical (unpaired) electrons. The lowest BCUT2D eigenvalue weighted by Crippen LogP contribution is -2.15. The first-order valence-electron chi connectivity index (χ1n) is 5.02. The molecule has 0 aliphatic rings. The fourth-order valence-corrected chi connectivity index (χ4v) is 1.79. The Morgan fingerprint density at radius 2 is 2.20 bits per heavy atom. The largest absolute Gasteiger partial charge is 0.481 e. The minimum Gasteiger partial charge on any atom is -0.481 e. The van der Waals surface area contributed by atoms with Crippen LogP contribution in [0.1, 0.15) is 24.5 Å². The normalized spacial score (nSPS) is 12.5. The lowest BCUT2D eigenvalue weighted by atomic mass is 9.94. The standard InChI is InChI=1S/C12H15ClO2/c1-3-9(12(14)15)7-10-4-5-11(13)6-8(10)2/h4-6,9H,3,7H2,1-2H3,(H,14,15). The van der Waals surface area contributed by atoms with Crippen molar-refractivity contribution in [3.8, 4) is 0 Å². The number of aryl methyl sites for hydroxylation is 1. The molecule has 0 aromatic heterocycles. The predicted octanol–water partition coefficient (Wildman–Crippen LogP) is 3.30. The van der Waals surface area contributed by atoms with Gasteiger partial charge in [0.2, 0.25) is 0 Å². The van der Waals surface area contributed by atoms with E-state index in [2.05, 4.69) is 0 Å². The van der Waals surface area contributed by atoms with Crippen LogP contribution in [0.15, 0.2) is 18.2 Å². The van der Waals surface area contributed by atoms with Crippen LogP contribution < -0.4 is 0 Å². The highest BCUT2D eigenvalue weighted by atomic mass is 35.5. The van der Waals surface area contributed by atoms with Gasteiger partial charge in [-0.15, -0.1) is 0 Å². The monoisotopic (exact) mass is 226 g/mol. The van der Waals surface area contributed by atoms with Crippen LogP contribution in [0.4, 0.5) is 0 Å². The van der Waals surface area contributed by atoms with Gasteiger partial charge in [-0.25, -0.2) is 0 Å². The van der Waals surface area contributed by atoms with Gasteiger partial charge in [-0.05, 0) is 43.0 Å². The second-order valence-electron chi connectivity index (χ2n) is 3.72. The van der Waals surface area contributed by atoms with Crippen LogP contribution in [0.25, 0.3) is 0 Å². The number of carboxylic acid groups (broad SMARTS) is 1. The Bertz CT molecular complexity index is 361. The number of rotatable bonds is 4. The van der Waals surface area contributed by atoms with E-state index in [0.29, 0.717) is 17.9 Å². The molecule has 0 spiro atoms. The first-order valence-corrected chi connectivity index (χ1v) is 5.40. The first kappa shape index (κ1) is 12.1. The molecule has 0 saturated heterocycles. The zero-order valence-electron chi connectivity index (χ0n) is 8.96. The summed E-state index contributed by atoms with van der Waals surface area (Å²) in [4.78, 5) is 10.9. The zero-order chi connectivity index (χ0) is 11.4. The number of halogens is 1. The van der Waals surface area contributed by atoms with Gasteiger partial charge in [-0.2, -0.15) is 0 Å². The van der Waals surface area contributed by atoms with Crippen molar-refractivity contribution in [1.29, 1.82) is 0 Å². The SMILES string of the molecule is CCC(Cc1ccc(Cl)cc1C)C(=O)O.